The van der Waals surface area contributed by atoms with Crippen molar-refractivity contribution in [1.82, 2.24) is 4.90 Å². The van der Waals surface area contributed by atoms with E-state index in [1.165, 1.54) is 19.3 Å². The minimum atomic E-state index is -0.673. The molecule has 1 fully saturated rings. The van der Waals surface area contributed by atoms with Crippen molar-refractivity contribution in [3.63, 3.8) is 0 Å². The van der Waals surface area contributed by atoms with Gasteiger partial charge in [-0.15, -0.1) is 0 Å². The van der Waals surface area contributed by atoms with Gasteiger partial charge in [-0.05, 0) is 12.8 Å². The van der Waals surface area contributed by atoms with Gasteiger partial charge < -0.3 is 21.1 Å². The Morgan fingerprint density at radius 3 is 1.67 bits per heavy atom. The zero-order valence-electron chi connectivity index (χ0n) is 10.5. The fourth-order valence-electron chi connectivity index (χ4n) is 2.48. The van der Waals surface area contributed by atoms with Gasteiger partial charge in [0.05, 0.1) is 11.8 Å². The first-order chi connectivity index (χ1) is 8.09. The maximum Gasteiger partial charge on any atom is 0.0631 e. The van der Waals surface area contributed by atoms with Gasteiger partial charge in [-0.25, -0.2) is 0 Å². The summed E-state index contributed by atoms with van der Waals surface area (Å²) in [6.45, 7) is -0.0371. The minimum absolute atomic E-state index is 0. The summed E-state index contributed by atoms with van der Waals surface area (Å²) in [6.07, 6.45) is 7.84. The van der Waals surface area contributed by atoms with Gasteiger partial charge in [0.25, 0.3) is 0 Å². The second kappa shape index (κ2) is 9.36. The monoisotopic (exact) mass is 302 g/mol. The van der Waals surface area contributed by atoms with Crippen molar-refractivity contribution in [1.29, 1.82) is 0 Å². The normalized spacial score (nSPS) is 17.6. The van der Waals surface area contributed by atoms with Gasteiger partial charge in [0, 0.05) is 36.2 Å². The Kier molecular flexibility index (Phi) is 9.06. The molecule has 1 aliphatic rings. The van der Waals surface area contributed by atoms with Gasteiger partial charge >= 0.3 is 0 Å². The molecular weight excluding hydrogens is 282 g/mol. The molecule has 0 unspecified atom stereocenters. The Balaban J connectivity index is 0.00000289. The smallest absolute Gasteiger partial charge is 0.0631 e. The van der Waals surface area contributed by atoms with Crippen molar-refractivity contribution in [2.75, 3.05) is 13.1 Å². The fraction of sp³-hybridized carbons (Fsp3) is 0.833. The van der Waals surface area contributed by atoms with Crippen LogP contribution in [0.5, 0.6) is 0 Å². The SMILES string of the molecule is [Cu].[NH-]C(=O)CN(CC([NH-])=O)C1CCCCCCC1. The standard InChI is InChI=1S/C12H23N3O2.Cu/c13-11(16)8-15(9-12(14)17)10-6-4-2-1-3-5-7-10;/h10H,1-9H2,(H4,13,14,16,17);/p-2. The van der Waals surface area contributed by atoms with Crippen molar-refractivity contribution in [3.05, 3.63) is 11.5 Å². The maximum absolute atomic E-state index is 10.9. The molecule has 1 rings (SSSR count). The summed E-state index contributed by atoms with van der Waals surface area (Å²) < 4.78 is 0. The molecule has 2 N–H and O–H groups in total. The van der Waals surface area contributed by atoms with Gasteiger partial charge in [-0.2, -0.15) is 0 Å². The van der Waals surface area contributed by atoms with Gasteiger partial charge in [-0.1, -0.05) is 32.1 Å². The van der Waals surface area contributed by atoms with Gasteiger partial charge in [-0.3, -0.25) is 4.90 Å². The predicted molar refractivity (Wildman–Crippen MR) is 66.3 cm³/mol. The molecule has 18 heavy (non-hydrogen) atoms. The van der Waals surface area contributed by atoms with Crippen LogP contribution in [0.15, 0.2) is 0 Å². The number of carbonyl (C=O) groups is 2. The molecule has 0 aromatic heterocycles. The third kappa shape index (κ3) is 6.99. The molecule has 1 saturated carbocycles. The fourth-order valence-corrected chi connectivity index (χ4v) is 2.48. The van der Waals surface area contributed by atoms with Crippen LogP contribution in [0.1, 0.15) is 44.9 Å². The molecular formula is C12H21CuN3O2-2. The van der Waals surface area contributed by atoms with E-state index < -0.39 is 11.8 Å². The molecule has 0 aromatic rings. The molecule has 1 aliphatic carbocycles. The van der Waals surface area contributed by atoms with Crippen LogP contribution >= 0.6 is 0 Å². The summed E-state index contributed by atoms with van der Waals surface area (Å²) in [5.74, 6) is -1.35. The molecule has 0 saturated heterocycles. The van der Waals surface area contributed by atoms with Crippen LogP contribution in [0.25, 0.3) is 11.5 Å². The first-order valence-corrected chi connectivity index (χ1v) is 6.32. The quantitative estimate of drug-likeness (QED) is 0.731. The van der Waals surface area contributed by atoms with E-state index in [1.54, 1.807) is 4.90 Å². The van der Waals surface area contributed by atoms with E-state index in [-0.39, 0.29) is 36.2 Å². The molecule has 0 heterocycles. The van der Waals surface area contributed by atoms with E-state index in [0.29, 0.717) is 0 Å². The predicted octanol–water partition coefficient (Wildman–Crippen LogP) is 2.56. The molecule has 0 aliphatic heterocycles. The van der Waals surface area contributed by atoms with E-state index in [0.717, 1.165) is 25.7 Å². The van der Waals surface area contributed by atoms with E-state index in [4.69, 9.17) is 11.5 Å². The van der Waals surface area contributed by atoms with Crippen molar-refractivity contribution in [2.45, 2.75) is 51.0 Å². The minimum Gasteiger partial charge on any atom is -0.667 e. The summed E-state index contributed by atoms with van der Waals surface area (Å²) >= 11 is 0. The van der Waals surface area contributed by atoms with Crippen LogP contribution in [0.3, 0.4) is 0 Å². The Bertz CT molecular complexity index is 250. The molecule has 5 nitrogen and oxygen atoms in total. The maximum atomic E-state index is 10.9. The number of nitrogens with zero attached hydrogens (tertiary/aromatic N) is 1. The first-order valence-electron chi connectivity index (χ1n) is 6.32. The Morgan fingerprint density at radius 1 is 0.889 bits per heavy atom. The van der Waals surface area contributed by atoms with Crippen molar-refractivity contribution >= 4 is 11.8 Å². The van der Waals surface area contributed by atoms with Crippen molar-refractivity contribution in [2.24, 2.45) is 0 Å². The second-order valence-electron chi connectivity index (χ2n) is 4.75. The zero-order chi connectivity index (χ0) is 12.7. The number of amides is 2. The van der Waals surface area contributed by atoms with E-state index in [9.17, 15) is 9.59 Å². The Labute approximate surface area is 119 Å². The average molecular weight is 303 g/mol. The number of carbonyl (C=O) groups excluding carboxylic acids is 2. The summed E-state index contributed by atoms with van der Waals surface area (Å²) in [6, 6.07) is 0.193. The molecule has 2 amide bonds. The van der Waals surface area contributed by atoms with Crippen LogP contribution in [-0.2, 0) is 26.7 Å². The number of nitrogens with one attached hydrogen (secondary N) is 2. The Morgan fingerprint density at radius 2 is 1.28 bits per heavy atom. The van der Waals surface area contributed by atoms with Crippen LogP contribution in [-0.4, -0.2) is 35.8 Å². The Hall–Kier alpha value is -0.581. The van der Waals surface area contributed by atoms with Gasteiger partial charge in [0.15, 0.2) is 0 Å². The third-order valence-corrected chi connectivity index (χ3v) is 3.28. The van der Waals surface area contributed by atoms with Crippen molar-refractivity contribution in [3.8, 4) is 0 Å². The summed E-state index contributed by atoms with van der Waals surface area (Å²) in [5.41, 5.74) is 14.0. The second-order valence-corrected chi connectivity index (χ2v) is 4.75. The summed E-state index contributed by atoms with van der Waals surface area (Å²) in [5, 5.41) is 0. The largest absolute Gasteiger partial charge is 0.667 e. The van der Waals surface area contributed by atoms with Gasteiger partial charge in [0.2, 0.25) is 0 Å². The van der Waals surface area contributed by atoms with E-state index in [2.05, 4.69) is 0 Å². The topological polar surface area (TPSA) is 85.0 Å². The van der Waals surface area contributed by atoms with Crippen LogP contribution < -0.4 is 0 Å². The number of rotatable bonds is 5. The van der Waals surface area contributed by atoms with Crippen LogP contribution in [0.2, 0.25) is 0 Å². The van der Waals surface area contributed by atoms with Crippen LogP contribution in [0, 0.1) is 0 Å². The number of hydrogen-bond donors (Lipinski definition) is 0. The first kappa shape index (κ1) is 17.4. The van der Waals surface area contributed by atoms with Crippen molar-refractivity contribution < 1.29 is 26.7 Å². The zero-order valence-corrected chi connectivity index (χ0v) is 11.4. The number of hydrogen-bond acceptors (Lipinski definition) is 3. The van der Waals surface area contributed by atoms with E-state index >= 15 is 0 Å². The molecule has 6 heteroatoms. The van der Waals surface area contributed by atoms with E-state index in [1.807, 2.05) is 0 Å². The molecule has 0 bridgehead atoms. The molecule has 1 radical (unpaired) electrons. The van der Waals surface area contributed by atoms with Gasteiger partial charge in [0.1, 0.15) is 0 Å². The third-order valence-electron chi connectivity index (χ3n) is 3.28. The van der Waals surface area contributed by atoms with Crippen LogP contribution in [0.4, 0.5) is 0 Å². The molecule has 109 valence electrons. The molecule has 0 aromatic carbocycles. The summed E-state index contributed by atoms with van der Waals surface area (Å²) in [7, 11) is 0. The molecule has 0 spiro atoms. The average Bonchev–Trinajstić information content (AvgIpc) is 2.13. The molecule has 0 atom stereocenters. The summed E-state index contributed by atoms with van der Waals surface area (Å²) in [4.78, 5) is 23.5.